The molecule has 0 aliphatic heterocycles. The maximum Gasteiger partial charge on any atom is 0.277 e. The zero-order valence-electron chi connectivity index (χ0n) is 12.3. The Bertz CT molecular complexity index is 689. The van der Waals surface area contributed by atoms with Gasteiger partial charge in [0.2, 0.25) is 0 Å². The van der Waals surface area contributed by atoms with Gasteiger partial charge >= 0.3 is 0 Å². The molecule has 2 aromatic rings. The molecule has 4 heteroatoms. The molecule has 2 unspecified atom stereocenters. The van der Waals surface area contributed by atoms with Gasteiger partial charge < -0.3 is 0 Å². The van der Waals surface area contributed by atoms with Crippen molar-refractivity contribution in [3.63, 3.8) is 0 Å². The van der Waals surface area contributed by atoms with Crippen LogP contribution in [0.15, 0.2) is 29.1 Å². The Balaban J connectivity index is 2.06. The highest BCUT2D eigenvalue weighted by Crippen LogP contribution is 2.43. The number of rotatable bonds is 1. The molecule has 0 bridgehead atoms. The molecule has 0 amide bonds. The predicted octanol–water partition coefficient (Wildman–Crippen LogP) is 3.18. The van der Waals surface area contributed by atoms with Gasteiger partial charge in [-0.1, -0.05) is 38.1 Å². The van der Waals surface area contributed by atoms with Crippen LogP contribution in [0.1, 0.15) is 46.1 Å². The van der Waals surface area contributed by atoms with E-state index < -0.39 is 0 Å². The van der Waals surface area contributed by atoms with Gasteiger partial charge in [-0.05, 0) is 42.7 Å². The highest BCUT2D eigenvalue weighted by molar-refractivity contribution is 5.76. The fraction of sp³-hybridized carbons (Fsp3) is 0.562. The molecule has 2 atom stereocenters. The molecule has 3 rings (SSSR count). The lowest BCUT2D eigenvalue weighted by Gasteiger charge is -2.38. The second kappa shape index (κ2) is 4.69. The summed E-state index contributed by atoms with van der Waals surface area (Å²) in [7, 11) is 0. The second-order valence-corrected chi connectivity index (χ2v) is 6.92. The van der Waals surface area contributed by atoms with Crippen LogP contribution in [0.2, 0.25) is 0 Å². The van der Waals surface area contributed by atoms with E-state index in [-0.39, 0.29) is 17.0 Å². The standard InChI is InChI=1S/C16H21N3O/c1-11-8-12(10-16(2,3)9-11)19-15(20)13-6-4-5-7-14(13)17-18-19/h4-7,11-12H,8-10H2,1-3H3. The first kappa shape index (κ1) is 13.3. The van der Waals surface area contributed by atoms with Crippen LogP contribution < -0.4 is 5.56 Å². The molecule has 1 heterocycles. The van der Waals surface area contributed by atoms with Gasteiger partial charge in [0, 0.05) is 0 Å². The summed E-state index contributed by atoms with van der Waals surface area (Å²) < 4.78 is 1.61. The Hall–Kier alpha value is -1.71. The van der Waals surface area contributed by atoms with Crippen molar-refractivity contribution < 1.29 is 0 Å². The minimum absolute atomic E-state index is 0.00880. The summed E-state index contributed by atoms with van der Waals surface area (Å²) in [5.41, 5.74) is 0.928. The molecule has 1 aliphatic carbocycles. The van der Waals surface area contributed by atoms with E-state index in [9.17, 15) is 4.79 Å². The second-order valence-electron chi connectivity index (χ2n) is 6.92. The maximum atomic E-state index is 12.6. The van der Waals surface area contributed by atoms with Crippen molar-refractivity contribution in [2.75, 3.05) is 0 Å². The van der Waals surface area contributed by atoms with Crippen LogP contribution in [-0.2, 0) is 0 Å². The Morgan fingerprint density at radius 2 is 2.00 bits per heavy atom. The lowest BCUT2D eigenvalue weighted by Crippen LogP contribution is -2.36. The first-order valence-corrected chi connectivity index (χ1v) is 7.30. The van der Waals surface area contributed by atoms with Crippen molar-refractivity contribution in [3.8, 4) is 0 Å². The van der Waals surface area contributed by atoms with Crippen molar-refractivity contribution in [3.05, 3.63) is 34.6 Å². The molecule has 4 nitrogen and oxygen atoms in total. The fourth-order valence-electron chi connectivity index (χ4n) is 3.72. The number of nitrogens with zero attached hydrogens (tertiary/aromatic N) is 3. The SMILES string of the molecule is CC1CC(n2nnc3ccccc3c2=O)CC(C)(C)C1. The summed E-state index contributed by atoms with van der Waals surface area (Å²) >= 11 is 0. The topological polar surface area (TPSA) is 47.8 Å². The molecule has 0 spiro atoms. The number of hydrogen-bond acceptors (Lipinski definition) is 3. The van der Waals surface area contributed by atoms with Crippen molar-refractivity contribution in [2.45, 2.75) is 46.1 Å². The van der Waals surface area contributed by atoms with E-state index in [1.54, 1.807) is 4.68 Å². The lowest BCUT2D eigenvalue weighted by molar-refractivity contribution is 0.125. The first-order chi connectivity index (χ1) is 9.46. The molecule has 1 saturated carbocycles. The summed E-state index contributed by atoms with van der Waals surface area (Å²) in [5.74, 6) is 0.615. The van der Waals surface area contributed by atoms with Crippen LogP contribution >= 0.6 is 0 Å². The van der Waals surface area contributed by atoms with E-state index in [0.29, 0.717) is 16.8 Å². The normalized spacial score (nSPS) is 25.8. The molecule has 1 fully saturated rings. The third-order valence-corrected chi connectivity index (χ3v) is 4.30. The van der Waals surface area contributed by atoms with Crippen LogP contribution in [0.3, 0.4) is 0 Å². The van der Waals surface area contributed by atoms with Crippen LogP contribution in [0.25, 0.3) is 10.9 Å². The lowest BCUT2D eigenvalue weighted by atomic mass is 9.70. The summed E-state index contributed by atoms with van der Waals surface area (Å²) in [6.45, 7) is 6.80. The van der Waals surface area contributed by atoms with Gasteiger partial charge in [0.05, 0.1) is 11.4 Å². The number of aromatic nitrogens is 3. The average Bonchev–Trinajstić information content (AvgIpc) is 2.37. The van der Waals surface area contributed by atoms with E-state index in [1.165, 1.54) is 6.42 Å². The molecule has 1 aliphatic rings. The van der Waals surface area contributed by atoms with Crippen LogP contribution in [-0.4, -0.2) is 15.0 Å². The Morgan fingerprint density at radius 3 is 2.75 bits per heavy atom. The zero-order chi connectivity index (χ0) is 14.3. The van der Waals surface area contributed by atoms with Gasteiger partial charge in [0.1, 0.15) is 5.52 Å². The molecule has 1 aromatic heterocycles. The molecule has 20 heavy (non-hydrogen) atoms. The molecule has 1 aromatic carbocycles. The third-order valence-electron chi connectivity index (χ3n) is 4.30. The summed E-state index contributed by atoms with van der Waals surface area (Å²) in [6, 6.07) is 7.59. The summed E-state index contributed by atoms with van der Waals surface area (Å²) in [5, 5.41) is 9.05. The summed E-state index contributed by atoms with van der Waals surface area (Å²) in [6.07, 6.45) is 3.21. The van der Waals surface area contributed by atoms with E-state index in [0.717, 1.165) is 12.8 Å². The molecule has 106 valence electrons. The summed E-state index contributed by atoms with van der Waals surface area (Å²) in [4.78, 5) is 12.6. The minimum atomic E-state index is -0.00880. The maximum absolute atomic E-state index is 12.6. The van der Waals surface area contributed by atoms with Crippen LogP contribution in [0, 0.1) is 11.3 Å². The number of fused-ring (bicyclic) bond motifs is 1. The Labute approximate surface area is 118 Å². The van der Waals surface area contributed by atoms with Gasteiger partial charge in [0.25, 0.3) is 5.56 Å². The fourth-order valence-corrected chi connectivity index (χ4v) is 3.72. The van der Waals surface area contributed by atoms with Crippen LogP contribution in [0.4, 0.5) is 0 Å². The predicted molar refractivity (Wildman–Crippen MR) is 79.6 cm³/mol. The van der Waals surface area contributed by atoms with E-state index in [2.05, 4.69) is 31.1 Å². The van der Waals surface area contributed by atoms with Crippen molar-refractivity contribution >= 4 is 10.9 Å². The largest absolute Gasteiger partial charge is 0.277 e. The molecule has 0 saturated heterocycles. The van der Waals surface area contributed by atoms with Gasteiger partial charge in [-0.2, -0.15) is 0 Å². The van der Waals surface area contributed by atoms with E-state index in [1.807, 2.05) is 24.3 Å². The number of hydrogen-bond donors (Lipinski definition) is 0. The highest BCUT2D eigenvalue weighted by Gasteiger charge is 2.34. The molecular weight excluding hydrogens is 250 g/mol. The van der Waals surface area contributed by atoms with E-state index in [4.69, 9.17) is 0 Å². The highest BCUT2D eigenvalue weighted by atomic mass is 16.1. The van der Waals surface area contributed by atoms with Crippen molar-refractivity contribution in [1.29, 1.82) is 0 Å². The smallest absolute Gasteiger partial charge is 0.267 e. The van der Waals surface area contributed by atoms with Crippen molar-refractivity contribution in [1.82, 2.24) is 15.0 Å². The monoisotopic (exact) mass is 271 g/mol. The third kappa shape index (κ3) is 2.35. The van der Waals surface area contributed by atoms with Gasteiger partial charge in [-0.3, -0.25) is 4.79 Å². The average molecular weight is 271 g/mol. The zero-order valence-corrected chi connectivity index (χ0v) is 12.3. The quantitative estimate of drug-likeness (QED) is 0.800. The molecular formula is C16H21N3O. The van der Waals surface area contributed by atoms with Gasteiger partial charge in [0.15, 0.2) is 0 Å². The minimum Gasteiger partial charge on any atom is -0.267 e. The Morgan fingerprint density at radius 1 is 1.25 bits per heavy atom. The van der Waals surface area contributed by atoms with Crippen molar-refractivity contribution in [2.24, 2.45) is 11.3 Å². The molecule has 0 radical (unpaired) electrons. The Kier molecular flexibility index (Phi) is 3.11. The first-order valence-electron chi connectivity index (χ1n) is 7.30. The molecule has 0 N–H and O–H groups in total. The number of benzene rings is 1. The van der Waals surface area contributed by atoms with Crippen LogP contribution in [0.5, 0.6) is 0 Å². The van der Waals surface area contributed by atoms with Gasteiger partial charge in [-0.15, -0.1) is 5.10 Å². The van der Waals surface area contributed by atoms with E-state index >= 15 is 0 Å². The van der Waals surface area contributed by atoms with Gasteiger partial charge in [-0.25, -0.2) is 4.68 Å².